The van der Waals surface area contributed by atoms with E-state index in [2.05, 4.69) is 21.2 Å². The first-order valence-corrected chi connectivity index (χ1v) is 9.90. The summed E-state index contributed by atoms with van der Waals surface area (Å²) in [6, 6.07) is 15.2. The summed E-state index contributed by atoms with van der Waals surface area (Å²) in [6.07, 6.45) is 0. The summed E-state index contributed by atoms with van der Waals surface area (Å²) >= 11 is 3.26. The number of benzene rings is 2. The predicted octanol–water partition coefficient (Wildman–Crippen LogP) is 2.32. The van der Waals surface area contributed by atoms with E-state index in [-0.39, 0.29) is 13.2 Å². The molecule has 0 aliphatic rings. The number of nitrogens with zero attached hydrogens (tertiary/aromatic N) is 1. The topological polar surface area (TPSA) is 102 Å². The number of amides is 2. The fourth-order valence-electron chi connectivity index (χ4n) is 2.42. The third-order valence-corrected chi connectivity index (χ3v) is 4.29. The van der Waals surface area contributed by atoms with Crippen LogP contribution in [0.5, 0.6) is 0 Å². The summed E-state index contributed by atoms with van der Waals surface area (Å²) in [5.41, 5.74) is 0.840. The Morgan fingerprint density at radius 3 is 2.37 bits per heavy atom. The molecule has 0 aliphatic heterocycles. The van der Waals surface area contributed by atoms with E-state index >= 15 is 0 Å². The summed E-state index contributed by atoms with van der Waals surface area (Å²) in [5, 5.41) is 2.43. The van der Waals surface area contributed by atoms with E-state index in [4.69, 9.17) is 9.47 Å². The van der Waals surface area contributed by atoms with Gasteiger partial charge in [0.15, 0.2) is 6.61 Å². The first kappa shape index (κ1) is 23.1. The van der Waals surface area contributed by atoms with Crippen molar-refractivity contribution < 1.29 is 28.7 Å². The molecule has 2 aromatic carbocycles. The van der Waals surface area contributed by atoms with Gasteiger partial charge in [-0.3, -0.25) is 24.1 Å². The molecule has 0 spiro atoms. The van der Waals surface area contributed by atoms with Gasteiger partial charge in [0.05, 0.1) is 6.61 Å². The summed E-state index contributed by atoms with van der Waals surface area (Å²) in [6.45, 7) is 0.550. The van der Waals surface area contributed by atoms with Crippen molar-refractivity contribution in [1.29, 1.82) is 0 Å². The molecule has 0 unspecified atom stereocenters. The van der Waals surface area contributed by atoms with Gasteiger partial charge in [-0.15, -0.1) is 0 Å². The third kappa shape index (κ3) is 7.32. The summed E-state index contributed by atoms with van der Waals surface area (Å²) in [7, 11) is 0. The van der Waals surface area contributed by atoms with E-state index < -0.39 is 36.9 Å². The normalized spacial score (nSPS) is 10.1. The Morgan fingerprint density at radius 2 is 1.70 bits per heavy atom. The molecule has 0 radical (unpaired) electrons. The van der Waals surface area contributed by atoms with Crippen molar-refractivity contribution in [3.05, 3.63) is 64.6 Å². The smallest absolute Gasteiger partial charge is 0.326 e. The Kier molecular flexibility index (Phi) is 9.02. The Hall–Kier alpha value is -3.20. The Bertz CT molecular complexity index is 903. The van der Waals surface area contributed by atoms with Gasteiger partial charge < -0.3 is 14.8 Å². The zero-order chi connectivity index (χ0) is 21.9. The van der Waals surface area contributed by atoms with E-state index in [0.29, 0.717) is 11.3 Å². The molecule has 2 amide bonds. The molecule has 0 saturated carbocycles. The first-order chi connectivity index (χ1) is 14.4. The van der Waals surface area contributed by atoms with Gasteiger partial charge in [-0.05, 0) is 37.3 Å². The van der Waals surface area contributed by atoms with E-state index in [0.717, 1.165) is 4.47 Å². The first-order valence-electron chi connectivity index (χ1n) is 9.11. The van der Waals surface area contributed by atoms with Crippen molar-refractivity contribution in [2.75, 3.05) is 31.2 Å². The van der Waals surface area contributed by atoms with Crippen molar-refractivity contribution in [2.45, 2.75) is 6.92 Å². The molecule has 2 aromatic rings. The van der Waals surface area contributed by atoms with E-state index in [1.165, 1.54) is 4.90 Å². The highest BCUT2D eigenvalue weighted by molar-refractivity contribution is 9.10. The maximum atomic E-state index is 12.5. The van der Waals surface area contributed by atoms with Crippen LogP contribution in [0, 0.1) is 0 Å². The zero-order valence-electron chi connectivity index (χ0n) is 16.3. The fourth-order valence-corrected chi connectivity index (χ4v) is 2.82. The molecule has 1 N–H and O–H groups in total. The maximum Gasteiger partial charge on any atom is 0.326 e. The number of ether oxygens (including phenoxy) is 2. The average molecular weight is 477 g/mol. The molecule has 0 fully saturated rings. The molecule has 0 aromatic heterocycles. The van der Waals surface area contributed by atoms with Gasteiger partial charge in [0.2, 0.25) is 0 Å². The minimum atomic E-state index is -0.782. The van der Waals surface area contributed by atoms with E-state index in [9.17, 15) is 19.2 Å². The van der Waals surface area contributed by atoms with Gasteiger partial charge in [-0.2, -0.15) is 0 Å². The van der Waals surface area contributed by atoms with Gasteiger partial charge in [0.25, 0.3) is 11.8 Å². The van der Waals surface area contributed by atoms with Crippen LogP contribution in [0.15, 0.2) is 59.1 Å². The Balaban J connectivity index is 1.89. The molecular formula is C21H21BrN2O6. The summed E-state index contributed by atoms with van der Waals surface area (Å²) < 4.78 is 10.6. The molecule has 0 saturated heterocycles. The minimum Gasteiger partial charge on any atom is -0.465 e. The van der Waals surface area contributed by atoms with Crippen LogP contribution in [0.4, 0.5) is 5.69 Å². The van der Waals surface area contributed by atoms with Crippen LogP contribution in [-0.4, -0.2) is 50.1 Å². The SMILES string of the molecule is CCOC(=O)CN(C(=O)COC(=O)CNC(=O)c1cccc(Br)c1)c1ccccc1. The van der Waals surface area contributed by atoms with E-state index in [1.807, 2.05) is 0 Å². The second kappa shape index (κ2) is 11.7. The molecule has 9 heteroatoms. The van der Waals surface area contributed by atoms with Gasteiger partial charge in [-0.1, -0.05) is 40.2 Å². The van der Waals surface area contributed by atoms with Crippen molar-refractivity contribution in [1.82, 2.24) is 5.32 Å². The van der Waals surface area contributed by atoms with Crippen molar-refractivity contribution >= 4 is 45.4 Å². The molecule has 0 atom stereocenters. The highest BCUT2D eigenvalue weighted by Gasteiger charge is 2.21. The van der Waals surface area contributed by atoms with Crippen LogP contribution in [0.3, 0.4) is 0 Å². The van der Waals surface area contributed by atoms with E-state index in [1.54, 1.807) is 61.5 Å². The lowest BCUT2D eigenvalue weighted by atomic mass is 10.2. The molecule has 0 bridgehead atoms. The number of anilines is 1. The minimum absolute atomic E-state index is 0.183. The van der Waals surface area contributed by atoms with Crippen LogP contribution in [-0.2, 0) is 23.9 Å². The molecule has 30 heavy (non-hydrogen) atoms. The predicted molar refractivity (Wildman–Crippen MR) is 113 cm³/mol. The van der Waals surface area contributed by atoms with Gasteiger partial charge >= 0.3 is 11.9 Å². The average Bonchev–Trinajstić information content (AvgIpc) is 2.75. The van der Waals surface area contributed by atoms with Crippen LogP contribution in [0.2, 0.25) is 0 Å². The highest BCUT2D eigenvalue weighted by atomic mass is 79.9. The standard InChI is InChI=1S/C21H21BrN2O6/c1-2-29-20(27)13-24(17-9-4-3-5-10-17)18(25)14-30-19(26)12-23-21(28)15-7-6-8-16(22)11-15/h3-11H,2,12-14H2,1H3,(H,23,28). The number of hydrogen-bond donors (Lipinski definition) is 1. The lowest BCUT2D eigenvalue weighted by Crippen LogP contribution is -2.40. The lowest BCUT2D eigenvalue weighted by Gasteiger charge is -2.21. The van der Waals surface area contributed by atoms with Gasteiger partial charge in [0.1, 0.15) is 13.1 Å². The number of esters is 2. The lowest BCUT2D eigenvalue weighted by molar-refractivity contribution is -0.147. The van der Waals surface area contributed by atoms with Crippen LogP contribution in [0.1, 0.15) is 17.3 Å². The molecule has 0 aliphatic carbocycles. The quantitative estimate of drug-likeness (QED) is 0.557. The Morgan fingerprint density at radius 1 is 0.967 bits per heavy atom. The number of carbonyl (C=O) groups is 4. The number of hydrogen-bond acceptors (Lipinski definition) is 6. The summed E-state index contributed by atoms with van der Waals surface area (Å²) in [5.74, 6) is -2.41. The van der Waals surface area contributed by atoms with Crippen LogP contribution < -0.4 is 10.2 Å². The molecule has 8 nitrogen and oxygen atoms in total. The van der Waals surface area contributed by atoms with Crippen LogP contribution >= 0.6 is 15.9 Å². The van der Waals surface area contributed by atoms with Gasteiger partial charge in [0, 0.05) is 15.7 Å². The molecule has 0 heterocycles. The molecular weight excluding hydrogens is 456 g/mol. The highest BCUT2D eigenvalue weighted by Crippen LogP contribution is 2.14. The largest absolute Gasteiger partial charge is 0.465 e. The van der Waals surface area contributed by atoms with Crippen molar-refractivity contribution in [3.8, 4) is 0 Å². The molecule has 2 rings (SSSR count). The maximum absolute atomic E-state index is 12.5. The van der Waals surface area contributed by atoms with Gasteiger partial charge in [-0.25, -0.2) is 0 Å². The Labute approximate surface area is 182 Å². The number of nitrogens with one attached hydrogen (secondary N) is 1. The number of halogens is 1. The third-order valence-electron chi connectivity index (χ3n) is 3.80. The number of carbonyl (C=O) groups excluding carboxylic acids is 4. The second-order valence-corrected chi connectivity index (χ2v) is 6.89. The monoisotopic (exact) mass is 476 g/mol. The summed E-state index contributed by atoms with van der Waals surface area (Å²) in [4.78, 5) is 49.5. The van der Waals surface area contributed by atoms with Crippen molar-refractivity contribution in [2.24, 2.45) is 0 Å². The molecule has 158 valence electrons. The zero-order valence-corrected chi connectivity index (χ0v) is 17.9. The van der Waals surface area contributed by atoms with Crippen LogP contribution in [0.25, 0.3) is 0 Å². The fraction of sp³-hybridized carbons (Fsp3) is 0.238. The number of rotatable bonds is 9. The second-order valence-electron chi connectivity index (χ2n) is 5.97. The number of para-hydroxylation sites is 1. The van der Waals surface area contributed by atoms with Crippen molar-refractivity contribution in [3.63, 3.8) is 0 Å².